The number of likely N-dealkylation sites (N-methyl/N-ethyl adjacent to an activating group) is 1. The Morgan fingerprint density at radius 2 is 0.919 bits per heavy atom. The summed E-state index contributed by atoms with van der Waals surface area (Å²) in [5, 5.41) is 0. The van der Waals surface area contributed by atoms with Crippen molar-refractivity contribution >= 4 is 19.8 Å². The standard InChI is InChI=1S/C52H92NO8P/c1-6-8-10-12-14-16-18-20-22-24-25-26-27-29-31-33-35-37-39-41-43-45-52(55)61-50(49-60-62(56,57)59-47-46-53(3,4)5)48-58-51(54)44-42-40-38-36-34-32-30-28-23-21-19-17-15-13-11-9-7-2/h8,10,14,16,20,22,25-26,29,31,35,37,50H,6-7,9,11-13,15,17-19,21,23-24,27-28,30,32-34,36,38-49H2,1-5H3/b10-8-,16-14-,22-20-,26-25-,31-29-,37-35-. The molecule has 0 aliphatic heterocycles. The quantitative estimate of drug-likeness (QED) is 0.0195. The largest absolute Gasteiger partial charge is 0.756 e. The zero-order valence-corrected chi connectivity index (χ0v) is 41.2. The van der Waals surface area contributed by atoms with Gasteiger partial charge in [-0.15, -0.1) is 0 Å². The Morgan fingerprint density at radius 1 is 0.516 bits per heavy atom. The summed E-state index contributed by atoms with van der Waals surface area (Å²) in [5.74, 6) is -0.884. The normalized spacial score (nSPS) is 14.1. The molecule has 2 unspecified atom stereocenters. The lowest BCUT2D eigenvalue weighted by atomic mass is 10.0. The Kier molecular flexibility index (Phi) is 41.9. The maximum Gasteiger partial charge on any atom is 0.306 e. The third kappa shape index (κ3) is 46.9. The lowest BCUT2D eigenvalue weighted by molar-refractivity contribution is -0.870. The second kappa shape index (κ2) is 43.7. The van der Waals surface area contributed by atoms with Crippen molar-refractivity contribution in [3.63, 3.8) is 0 Å². The van der Waals surface area contributed by atoms with Gasteiger partial charge in [0.05, 0.1) is 27.7 Å². The number of nitrogens with zero attached hydrogens (tertiary/aromatic N) is 1. The average molecular weight is 890 g/mol. The maximum atomic E-state index is 12.7. The topological polar surface area (TPSA) is 111 Å². The Bertz CT molecular complexity index is 1280. The number of hydrogen-bond donors (Lipinski definition) is 0. The Balaban J connectivity index is 4.38. The first-order chi connectivity index (χ1) is 30.0. The molecule has 0 amide bonds. The van der Waals surface area contributed by atoms with Crippen LogP contribution in [0.25, 0.3) is 0 Å². The fourth-order valence-electron chi connectivity index (χ4n) is 6.42. The molecule has 10 heteroatoms. The number of hydrogen-bond acceptors (Lipinski definition) is 8. The van der Waals surface area contributed by atoms with E-state index in [-0.39, 0.29) is 26.1 Å². The molecule has 0 saturated carbocycles. The number of esters is 2. The molecule has 0 aliphatic rings. The molecule has 62 heavy (non-hydrogen) atoms. The minimum Gasteiger partial charge on any atom is -0.756 e. The molecule has 0 rings (SSSR count). The molecular weight excluding hydrogens is 798 g/mol. The number of phosphoric acid groups is 1. The highest BCUT2D eigenvalue weighted by atomic mass is 31.2. The van der Waals surface area contributed by atoms with Crippen LogP contribution in [0.2, 0.25) is 0 Å². The molecule has 0 radical (unpaired) electrons. The maximum absolute atomic E-state index is 12.7. The van der Waals surface area contributed by atoms with E-state index in [1.54, 1.807) is 0 Å². The van der Waals surface area contributed by atoms with E-state index in [1.165, 1.54) is 89.9 Å². The third-order valence-corrected chi connectivity index (χ3v) is 11.2. The lowest BCUT2D eigenvalue weighted by Crippen LogP contribution is -2.37. The molecule has 0 aromatic carbocycles. The summed E-state index contributed by atoms with van der Waals surface area (Å²) in [6, 6.07) is 0. The molecule has 0 spiro atoms. The van der Waals surface area contributed by atoms with Gasteiger partial charge in [0.2, 0.25) is 0 Å². The van der Waals surface area contributed by atoms with Crippen LogP contribution in [0.1, 0.15) is 194 Å². The van der Waals surface area contributed by atoms with E-state index in [0.29, 0.717) is 17.4 Å². The molecule has 0 saturated heterocycles. The molecule has 0 aromatic rings. The van der Waals surface area contributed by atoms with Crippen LogP contribution in [0.15, 0.2) is 72.9 Å². The van der Waals surface area contributed by atoms with Crippen molar-refractivity contribution in [3.05, 3.63) is 72.9 Å². The summed E-state index contributed by atoms with van der Waals surface area (Å²) in [4.78, 5) is 37.7. The van der Waals surface area contributed by atoms with Crippen molar-refractivity contribution in [1.82, 2.24) is 0 Å². The van der Waals surface area contributed by atoms with Gasteiger partial charge in [-0.3, -0.25) is 14.2 Å². The summed E-state index contributed by atoms with van der Waals surface area (Å²) in [6.45, 7) is 4.07. The van der Waals surface area contributed by atoms with Crippen LogP contribution in [0.4, 0.5) is 0 Å². The van der Waals surface area contributed by atoms with Gasteiger partial charge in [-0.05, 0) is 64.2 Å². The SMILES string of the molecule is CC/C=C\C/C=C\C/C=C\C/C=C\C/C=C\C/C=C\CCCCC(=O)OC(COC(=O)CCCCCCCCCCCCCCCCCCC)COP(=O)([O-])OCC[N+](C)(C)C. The van der Waals surface area contributed by atoms with Gasteiger partial charge in [0.15, 0.2) is 6.10 Å². The monoisotopic (exact) mass is 890 g/mol. The molecule has 358 valence electrons. The highest BCUT2D eigenvalue weighted by Crippen LogP contribution is 2.38. The number of carbonyl (C=O) groups excluding carboxylic acids is 2. The van der Waals surface area contributed by atoms with Crippen molar-refractivity contribution in [1.29, 1.82) is 0 Å². The molecule has 0 N–H and O–H groups in total. The predicted octanol–water partition coefficient (Wildman–Crippen LogP) is 13.9. The second-order valence-electron chi connectivity index (χ2n) is 17.5. The average Bonchev–Trinajstić information content (AvgIpc) is 3.23. The van der Waals surface area contributed by atoms with E-state index in [0.717, 1.165) is 70.6 Å². The van der Waals surface area contributed by atoms with Crippen LogP contribution in [-0.4, -0.2) is 70.0 Å². The molecule has 0 aromatic heterocycles. The molecule has 0 fully saturated rings. The van der Waals surface area contributed by atoms with Crippen LogP contribution >= 0.6 is 7.82 Å². The number of phosphoric ester groups is 1. The van der Waals surface area contributed by atoms with E-state index < -0.39 is 32.5 Å². The molecule has 0 bridgehead atoms. The van der Waals surface area contributed by atoms with Gasteiger partial charge in [-0.2, -0.15) is 0 Å². The second-order valence-corrected chi connectivity index (χ2v) is 18.9. The summed E-state index contributed by atoms with van der Waals surface area (Å²) < 4.78 is 34.0. The van der Waals surface area contributed by atoms with Crippen molar-refractivity contribution in [2.75, 3.05) is 47.5 Å². The van der Waals surface area contributed by atoms with Gasteiger partial charge in [0.1, 0.15) is 19.8 Å². The zero-order valence-electron chi connectivity index (χ0n) is 40.3. The Morgan fingerprint density at radius 3 is 1.37 bits per heavy atom. The molecular formula is C52H92NO8P. The van der Waals surface area contributed by atoms with Crippen LogP contribution in [0.5, 0.6) is 0 Å². The molecule has 9 nitrogen and oxygen atoms in total. The lowest BCUT2D eigenvalue weighted by Gasteiger charge is -2.28. The van der Waals surface area contributed by atoms with Crippen LogP contribution < -0.4 is 4.89 Å². The minimum atomic E-state index is -4.64. The molecule has 0 heterocycles. The van der Waals surface area contributed by atoms with E-state index in [9.17, 15) is 19.0 Å². The number of carbonyl (C=O) groups is 2. The summed E-state index contributed by atoms with van der Waals surface area (Å²) >= 11 is 0. The Hall–Kier alpha value is -2.55. The van der Waals surface area contributed by atoms with E-state index >= 15 is 0 Å². The minimum absolute atomic E-state index is 0.0418. The number of rotatable bonds is 44. The number of quaternary nitrogens is 1. The third-order valence-electron chi connectivity index (χ3n) is 10.2. The highest BCUT2D eigenvalue weighted by molar-refractivity contribution is 7.45. The first-order valence-electron chi connectivity index (χ1n) is 24.6. The van der Waals surface area contributed by atoms with Crippen molar-refractivity contribution in [2.45, 2.75) is 200 Å². The van der Waals surface area contributed by atoms with Crippen LogP contribution in [0.3, 0.4) is 0 Å². The first kappa shape index (κ1) is 59.5. The van der Waals surface area contributed by atoms with Crippen molar-refractivity contribution in [3.8, 4) is 0 Å². The van der Waals surface area contributed by atoms with E-state index in [1.807, 2.05) is 21.1 Å². The van der Waals surface area contributed by atoms with Gasteiger partial charge in [0.25, 0.3) is 7.82 Å². The fourth-order valence-corrected chi connectivity index (χ4v) is 7.15. The van der Waals surface area contributed by atoms with E-state index in [4.69, 9.17) is 18.5 Å². The molecule has 2 atom stereocenters. The van der Waals surface area contributed by atoms with Gasteiger partial charge in [-0.25, -0.2) is 0 Å². The van der Waals surface area contributed by atoms with E-state index in [2.05, 4.69) is 86.8 Å². The van der Waals surface area contributed by atoms with Gasteiger partial charge >= 0.3 is 11.9 Å². The predicted molar refractivity (Wildman–Crippen MR) is 259 cm³/mol. The van der Waals surface area contributed by atoms with Gasteiger partial charge < -0.3 is 27.9 Å². The van der Waals surface area contributed by atoms with Gasteiger partial charge in [0, 0.05) is 12.8 Å². The fraction of sp³-hybridized carbons (Fsp3) is 0.731. The smallest absolute Gasteiger partial charge is 0.306 e. The summed E-state index contributed by atoms with van der Waals surface area (Å²) in [5.41, 5.74) is 0. The Labute approximate surface area is 380 Å². The van der Waals surface area contributed by atoms with Gasteiger partial charge in [-0.1, -0.05) is 189 Å². The number of allylic oxidation sites excluding steroid dienone is 12. The van der Waals surface area contributed by atoms with Crippen molar-refractivity contribution in [2.24, 2.45) is 0 Å². The summed E-state index contributed by atoms with van der Waals surface area (Å²) in [7, 11) is 1.13. The summed E-state index contributed by atoms with van der Waals surface area (Å²) in [6.07, 6.45) is 55.0. The van der Waals surface area contributed by atoms with Crippen LogP contribution in [0, 0.1) is 0 Å². The zero-order chi connectivity index (χ0) is 45.7. The molecule has 0 aliphatic carbocycles. The first-order valence-corrected chi connectivity index (χ1v) is 26.1. The van der Waals surface area contributed by atoms with Crippen molar-refractivity contribution < 1.29 is 42.1 Å². The number of ether oxygens (including phenoxy) is 2. The highest BCUT2D eigenvalue weighted by Gasteiger charge is 2.21. The number of unbranched alkanes of at least 4 members (excludes halogenated alkanes) is 18. The van der Waals surface area contributed by atoms with Crippen LogP contribution in [-0.2, 0) is 32.7 Å².